The molecule has 2 aromatic carbocycles. The van der Waals surface area contributed by atoms with Crippen LogP contribution in [0.1, 0.15) is 24.7 Å². The number of benzene rings is 2. The molecule has 3 heteroatoms. The lowest BCUT2D eigenvalue weighted by Gasteiger charge is -2.06. The van der Waals surface area contributed by atoms with Gasteiger partial charge in [0.05, 0.1) is 0 Å². The molecule has 1 saturated carbocycles. The Morgan fingerprint density at radius 1 is 1.10 bits per heavy atom. The summed E-state index contributed by atoms with van der Waals surface area (Å²) in [4.78, 5) is 4.69. The number of nitrogens with zero attached hydrogens (tertiary/aromatic N) is 2. The third-order valence-corrected chi connectivity index (χ3v) is 4.06. The molecule has 0 spiro atoms. The third-order valence-electron chi connectivity index (χ3n) is 4.06. The predicted octanol–water partition coefficient (Wildman–Crippen LogP) is 3.93. The van der Waals surface area contributed by atoms with Gasteiger partial charge in [-0.25, -0.2) is 4.98 Å². The zero-order valence-electron chi connectivity index (χ0n) is 11.5. The smallest absolute Gasteiger partial charge is 0.131 e. The average Bonchev–Trinajstić information content (AvgIpc) is 3.24. The molecule has 1 fully saturated rings. The van der Waals surface area contributed by atoms with Gasteiger partial charge in [0.2, 0.25) is 0 Å². The lowest BCUT2D eigenvalue weighted by Crippen LogP contribution is -2.02. The molecule has 1 aliphatic carbocycles. The molecule has 0 saturated heterocycles. The second kappa shape index (κ2) is 4.10. The maximum atomic E-state index is 6.32. The highest BCUT2D eigenvalue weighted by atomic mass is 15.2. The number of anilines is 1. The minimum atomic E-state index is 0.566. The van der Waals surface area contributed by atoms with Gasteiger partial charge in [-0.3, -0.25) is 0 Å². The van der Waals surface area contributed by atoms with E-state index in [0.29, 0.717) is 6.04 Å². The number of nitrogen functional groups attached to an aromatic ring is 1. The number of nitrogens with two attached hydrogens (primary N) is 1. The SMILES string of the molecule is Cc1nc(-c2ccc3ccccc3c2)c(N)n1C1CC1. The van der Waals surface area contributed by atoms with Crippen molar-refractivity contribution in [2.45, 2.75) is 25.8 Å². The second-order valence-electron chi connectivity index (χ2n) is 5.56. The Kier molecular flexibility index (Phi) is 2.36. The van der Waals surface area contributed by atoms with Gasteiger partial charge in [0.15, 0.2) is 0 Å². The summed E-state index contributed by atoms with van der Waals surface area (Å²) in [6, 6.07) is 15.3. The molecular formula is C17H17N3. The molecule has 0 aliphatic heterocycles. The molecule has 0 amide bonds. The van der Waals surface area contributed by atoms with Crippen LogP contribution in [0, 0.1) is 6.92 Å². The minimum absolute atomic E-state index is 0.566. The van der Waals surface area contributed by atoms with Gasteiger partial charge in [-0.2, -0.15) is 0 Å². The number of hydrogen-bond donors (Lipinski definition) is 1. The van der Waals surface area contributed by atoms with Crippen molar-refractivity contribution in [3.05, 3.63) is 48.3 Å². The first-order chi connectivity index (χ1) is 9.74. The third kappa shape index (κ3) is 1.70. The fourth-order valence-electron chi connectivity index (χ4n) is 2.90. The molecule has 0 atom stereocenters. The average molecular weight is 263 g/mol. The number of aromatic nitrogens is 2. The molecule has 1 aliphatic rings. The van der Waals surface area contributed by atoms with E-state index in [9.17, 15) is 0 Å². The number of aryl methyl sites for hydroxylation is 1. The van der Waals surface area contributed by atoms with Crippen LogP contribution in [0.15, 0.2) is 42.5 Å². The van der Waals surface area contributed by atoms with Crippen LogP contribution in [0.3, 0.4) is 0 Å². The molecule has 0 unspecified atom stereocenters. The van der Waals surface area contributed by atoms with Crippen LogP contribution in [0.25, 0.3) is 22.0 Å². The monoisotopic (exact) mass is 263 g/mol. The molecule has 4 rings (SSSR count). The lowest BCUT2D eigenvalue weighted by atomic mass is 10.1. The second-order valence-corrected chi connectivity index (χ2v) is 5.56. The molecule has 1 aromatic heterocycles. The Morgan fingerprint density at radius 2 is 1.85 bits per heavy atom. The molecule has 1 heterocycles. The maximum Gasteiger partial charge on any atom is 0.131 e. The molecule has 3 nitrogen and oxygen atoms in total. The van der Waals surface area contributed by atoms with E-state index < -0.39 is 0 Å². The van der Waals surface area contributed by atoms with Crippen LogP contribution in [0.4, 0.5) is 5.82 Å². The summed E-state index contributed by atoms with van der Waals surface area (Å²) in [5, 5.41) is 2.47. The van der Waals surface area contributed by atoms with Crippen LogP contribution in [-0.4, -0.2) is 9.55 Å². The van der Waals surface area contributed by atoms with Gasteiger partial charge in [-0.05, 0) is 36.6 Å². The first-order valence-electron chi connectivity index (χ1n) is 7.07. The Bertz CT molecular complexity index is 797. The van der Waals surface area contributed by atoms with E-state index in [1.165, 1.54) is 23.6 Å². The van der Waals surface area contributed by atoms with Crippen molar-refractivity contribution in [2.24, 2.45) is 0 Å². The van der Waals surface area contributed by atoms with Crippen LogP contribution >= 0.6 is 0 Å². The van der Waals surface area contributed by atoms with E-state index in [2.05, 4.69) is 52.0 Å². The normalized spacial score (nSPS) is 14.8. The van der Waals surface area contributed by atoms with Gasteiger partial charge in [0.25, 0.3) is 0 Å². The van der Waals surface area contributed by atoms with Crippen molar-refractivity contribution >= 4 is 16.6 Å². The van der Waals surface area contributed by atoms with Crippen molar-refractivity contribution in [1.29, 1.82) is 0 Å². The standard InChI is InChI=1S/C17H17N3/c1-11-19-16(17(18)20(11)15-8-9-15)14-7-6-12-4-2-3-5-13(12)10-14/h2-7,10,15H,8-9,18H2,1H3. The highest BCUT2D eigenvalue weighted by Crippen LogP contribution is 2.40. The van der Waals surface area contributed by atoms with Crippen LogP contribution in [0.2, 0.25) is 0 Å². The highest BCUT2D eigenvalue weighted by Gasteiger charge is 2.28. The highest BCUT2D eigenvalue weighted by molar-refractivity contribution is 5.88. The topological polar surface area (TPSA) is 43.8 Å². The van der Waals surface area contributed by atoms with Gasteiger partial charge >= 0.3 is 0 Å². The van der Waals surface area contributed by atoms with Gasteiger partial charge in [-0.1, -0.05) is 36.4 Å². The van der Waals surface area contributed by atoms with E-state index in [-0.39, 0.29) is 0 Å². The van der Waals surface area contributed by atoms with E-state index in [4.69, 9.17) is 5.73 Å². The Labute approximate surface area is 118 Å². The number of fused-ring (bicyclic) bond motifs is 1. The Balaban J connectivity index is 1.88. The fraction of sp³-hybridized carbons (Fsp3) is 0.235. The van der Waals surface area contributed by atoms with Crippen molar-refractivity contribution in [3.63, 3.8) is 0 Å². The van der Waals surface area contributed by atoms with E-state index in [0.717, 1.165) is 22.9 Å². The van der Waals surface area contributed by atoms with Gasteiger partial charge in [-0.15, -0.1) is 0 Å². The number of imidazole rings is 1. The van der Waals surface area contributed by atoms with E-state index in [1.807, 2.05) is 6.92 Å². The molecule has 3 aromatic rings. The summed E-state index contributed by atoms with van der Waals surface area (Å²) in [5.41, 5.74) is 8.34. The zero-order valence-corrected chi connectivity index (χ0v) is 11.5. The van der Waals surface area contributed by atoms with Crippen molar-refractivity contribution in [2.75, 3.05) is 5.73 Å². The molecule has 2 N–H and O–H groups in total. The summed E-state index contributed by atoms with van der Waals surface area (Å²) in [6.07, 6.45) is 2.44. The molecule has 0 bridgehead atoms. The Hall–Kier alpha value is -2.29. The van der Waals surface area contributed by atoms with Crippen molar-refractivity contribution in [1.82, 2.24) is 9.55 Å². The van der Waals surface area contributed by atoms with Gasteiger partial charge in [0.1, 0.15) is 17.3 Å². The van der Waals surface area contributed by atoms with Crippen LogP contribution in [-0.2, 0) is 0 Å². The van der Waals surface area contributed by atoms with Crippen LogP contribution in [0.5, 0.6) is 0 Å². The molecule has 20 heavy (non-hydrogen) atoms. The van der Waals surface area contributed by atoms with Crippen LogP contribution < -0.4 is 5.73 Å². The predicted molar refractivity (Wildman–Crippen MR) is 82.6 cm³/mol. The number of rotatable bonds is 2. The van der Waals surface area contributed by atoms with Gasteiger partial charge < -0.3 is 10.3 Å². The maximum absolute atomic E-state index is 6.32. The van der Waals surface area contributed by atoms with E-state index >= 15 is 0 Å². The largest absolute Gasteiger partial charge is 0.383 e. The number of hydrogen-bond acceptors (Lipinski definition) is 2. The molecular weight excluding hydrogens is 246 g/mol. The molecule has 0 radical (unpaired) electrons. The summed E-state index contributed by atoms with van der Waals surface area (Å²) in [7, 11) is 0. The summed E-state index contributed by atoms with van der Waals surface area (Å²) < 4.78 is 2.19. The first kappa shape index (κ1) is 11.5. The first-order valence-corrected chi connectivity index (χ1v) is 7.07. The van der Waals surface area contributed by atoms with Gasteiger partial charge in [0, 0.05) is 11.6 Å². The summed E-state index contributed by atoms with van der Waals surface area (Å²) >= 11 is 0. The minimum Gasteiger partial charge on any atom is -0.383 e. The zero-order chi connectivity index (χ0) is 13.7. The summed E-state index contributed by atoms with van der Waals surface area (Å²) in [6.45, 7) is 2.04. The van der Waals surface area contributed by atoms with Crippen molar-refractivity contribution in [3.8, 4) is 11.3 Å². The quantitative estimate of drug-likeness (QED) is 0.761. The molecule has 100 valence electrons. The van der Waals surface area contributed by atoms with Crippen molar-refractivity contribution < 1.29 is 0 Å². The fourth-order valence-corrected chi connectivity index (χ4v) is 2.90. The Morgan fingerprint density at radius 3 is 2.60 bits per heavy atom. The van der Waals surface area contributed by atoms with E-state index in [1.54, 1.807) is 0 Å². The summed E-state index contributed by atoms with van der Waals surface area (Å²) in [5.74, 6) is 1.83. The lowest BCUT2D eigenvalue weighted by molar-refractivity contribution is 0.720.